The Morgan fingerprint density at radius 1 is 0.973 bits per heavy atom. The molecule has 0 aliphatic carbocycles. The molecule has 2 aromatic rings. The number of rotatable bonds is 12. The highest BCUT2D eigenvalue weighted by Gasteiger charge is 2.21. The summed E-state index contributed by atoms with van der Waals surface area (Å²) in [6, 6.07) is 7.74. The molecule has 4 amide bonds. The molecule has 14 nitrogen and oxygen atoms in total. The largest absolute Gasteiger partial charge is 0.493 e. The van der Waals surface area contributed by atoms with Crippen molar-refractivity contribution in [3.63, 3.8) is 0 Å². The van der Waals surface area contributed by atoms with Gasteiger partial charge in [-0.05, 0) is 17.7 Å². The van der Waals surface area contributed by atoms with E-state index in [1.165, 1.54) is 33.5 Å². The van der Waals surface area contributed by atoms with Crippen LogP contribution >= 0.6 is 0 Å². The zero-order chi connectivity index (χ0) is 27.4. The van der Waals surface area contributed by atoms with Gasteiger partial charge in [-0.3, -0.25) is 9.59 Å². The fraction of sp³-hybridized carbons (Fsp3) is 0.304. The highest BCUT2D eigenvalue weighted by Crippen LogP contribution is 2.39. The number of nitrogens with zero attached hydrogens (tertiary/aromatic N) is 1. The minimum absolute atomic E-state index is 0.0638. The van der Waals surface area contributed by atoms with Gasteiger partial charge in [0.1, 0.15) is 6.04 Å². The molecule has 0 aliphatic heterocycles. The smallest absolute Gasteiger partial charge is 0.319 e. The number of carbonyl (C=O) groups is 3. The fourth-order valence-electron chi connectivity index (χ4n) is 3.06. The predicted molar refractivity (Wildman–Crippen MR) is 136 cm³/mol. The van der Waals surface area contributed by atoms with Crippen molar-refractivity contribution in [2.75, 3.05) is 39.8 Å². The van der Waals surface area contributed by atoms with E-state index < -0.39 is 30.5 Å². The van der Waals surface area contributed by atoms with Crippen LogP contribution in [0.4, 0.5) is 16.2 Å². The maximum Gasteiger partial charge on any atom is 0.319 e. The van der Waals surface area contributed by atoms with Gasteiger partial charge in [0.2, 0.25) is 17.6 Å². The third-order valence-electron chi connectivity index (χ3n) is 4.83. The molecule has 9 N–H and O–H groups in total. The second-order valence-electron chi connectivity index (χ2n) is 7.45. The molecular formula is C23H31N7O7. The first-order chi connectivity index (χ1) is 17.7. The van der Waals surface area contributed by atoms with Gasteiger partial charge < -0.3 is 52.1 Å². The van der Waals surface area contributed by atoms with E-state index in [-0.39, 0.29) is 24.7 Å². The molecule has 2 aromatic carbocycles. The average molecular weight is 518 g/mol. The summed E-state index contributed by atoms with van der Waals surface area (Å²) < 4.78 is 15.7. The van der Waals surface area contributed by atoms with E-state index >= 15 is 0 Å². The second kappa shape index (κ2) is 14.0. The molecule has 37 heavy (non-hydrogen) atoms. The molecule has 2 rings (SSSR count). The molecule has 0 saturated carbocycles. The zero-order valence-corrected chi connectivity index (χ0v) is 20.7. The van der Waals surface area contributed by atoms with E-state index in [2.05, 4.69) is 26.3 Å². The van der Waals surface area contributed by atoms with Crippen molar-refractivity contribution >= 4 is 35.2 Å². The minimum atomic E-state index is -1.31. The van der Waals surface area contributed by atoms with Crippen molar-refractivity contribution in [2.24, 2.45) is 16.5 Å². The highest BCUT2D eigenvalue weighted by atomic mass is 16.5. The van der Waals surface area contributed by atoms with E-state index in [0.717, 1.165) is 5.56 Å². The van der Waals surface area contributed by atoms with Crippen LogP contribution in [-0.4, -0.2) is 69.4 Å². The molecule has 0 fully saturated rings. The van der Waals surface area contributed by atoms with Gasteiger partial charge in [0.15, 0.2) is 17.5 Å². The maximum atomic E-state index is 12.4. The number of hydrogen-bond acceptors (Lipinski definition) is 8. The van der Waals surface area contributed by atoms with Gasteiger partial charge in [-0.1, -0.05) is 12.1 Å². The van der Waals surface area contributed by atoms with E-state index in [9.17, 15) is 19.5 Å². The van der Waals surface area contributed by atoms with Gasteiger partial charge in [-0.15, -0.1) is 0 Å². The third-order valence-corrected chi connectivity index (χ3v) is 4.83. The minimum Gasteiger partial charge on any atom is -0.493 e. The molecule has 200 valence electrons. The lowest BCUT2D eigenvalue weighted by Crippen LogP contribution is -2.51. The number of benzene rings is 2. The molecule has 0 radical (unpaired) electrons. The number of guanidine groups is 1. The summed E-state index contributed by atoms with van der Waals surface area (Å²) in [5.41, 5.74) is 12.3. The van der Waals surface area contributed by atoms with Gasteiger partial charge in [0, 0.05) is 18.7 Å². The summed E-state index contributed by atoms with van der Waals surface area (Å²) >= 11 is 0. The number of aliphatic imine (C=N–C) groups is 1. The molecule has 0 bridgehead atoms. The zero-order valence-electron chi connectivity index (χ0n) is 20.7. The van der Waals surface area contributed by atoms with Crippen LogP contribution in [0.1, 0.15) is 5.56 Å². The predicted octanol–water partition coefficient (Wildman–Crippen LogP) is -0.468. The molecule has 1 unspecified atom stereocenters. The number of nitrogens with two attached hydrogens (primary N) is 2. The van der Waals surface area contributed by atoms with Crippen LogP contribution in [0.5, 0.6) is 17.2 Å². The summed E-state index contributed by atoms with van der Waals surface area (Å²) in [7, 11) is 4.29. The number of amides is 4. The molecule has 0 aliphatic rings. The van der Waals surface area contributed by atoms with Crippen molar-refractivity contribution < 1.29 is 33.7 Å². The molecule has 0 saturated heterocycles. The third kappa shape index (κ3) is 8.78. The van der Waals surface area contributed by atoms with Crippen molar-refractivity contribution in [1.82, 2.24) is 16.0 Å². The van der Waals surface area contributed by atoms with Gasteiger partial charge in [-0.2, -0.15) is 0 Å². The molecule has 0 aromatic heterocycles. The SMILES string of the molecule is COc1cc(NC(=O)NC(CO)C(=O)NCC(=O)NCc2ccc(N=C(N)N)cc2)cc(OC)c1OC. The van der Waals surface area contributed by atoms with Gasteiger partial charge in [-0.25, -0.2) is 9.79 Å². The van der Waals surface area contributed by atoms with Crippen molar-refractivity contribution in [3.05, 3.63) is 42.0 Å². The summed E-state index contributed by atoms with van der Waals surface area (Å²) in [5, 5.41) is 19.4. The Kier molecular flexibility index (Phi) is 10.8. The normalized spacial score (nSPS) is 10.9. The summed E-state index contributed by atoms with van der Waals surface area (Å²) in [6.07, 6.45) is 0. The first kappa shape index (κ1) is 28.5. The number of ether oxygens (including phenoxy) is 3. The highest BCUT2D eigenvalue weighted by molar-refractivity contribution is 5.95. The maximum absolute atomic E-state index is 12.4. The van der Waals surface area contributed by atoms with Crippen molar-refractivity contribution in [3.8, 4) is 17.2 Å². The standard InChI is InChI=1S/C23H31N7O7/c1-35-17-8-15(9-18(36-2)20(17)37-3)29-23(34)30-16(12-31)21(33)27-11-19(32)26-10-13-4-6-14(7-5-13)28-22(24)25/h4-9,16,31H,10-12H2,1-3H3,(H,26,32)(H,27,33)(H4,24,25,28)(H2,29,30,34). The number of aliphatic hydroxyl groups is 1. The number of nitrogens with one attached hydrogen (secondary N) is 4. The van der Waals surface area contributed by atoms with Crippen LogP contribution in [0, 0.1) is 0 Å². The Morgan fingerprint density at radius 3 is 2.11 bits per heavy atom. The second-order valence-corrected chi connectivity index (χ2v) is 7.45. The summed E-state index contributed by atoms with van der Waals surface area (Å²) in [6.45, 7) is -0.856. The first-order valence-corrected chi connectivity index (χ1v) is 10.9. The topological polar surface area (TPSA) is 212 Å². The molecular weight excluding hydrogens is 486 g/mol. The lowest BCUT2D eigenvalue weighted by molar-refractivity contribution is -0.127. The van der Waals surface area contributed by atoms with Crippen LogP contribution < -0.4 is 46.9 Å². The monoisotopic (exact) mass is 517 g/mol. The fourth-order valence-corrected chi connectivity index (χ4v) is 3.06. The Bertz CT molecular complexity index is 1090. The van der Waals surface area contributed by atoms with Gasteiger partial charge in [0.05, 0.1) is 45.9 Å². The van der Waals surface area contributed by atoms with Crippen LogP contribution in [0.3, 0.4) is 0 Å². The van der Waals surface area contributed by atoms with Gasteiger partial charge >= 0.3 is 6.03 Å². The number of urea groups is 1. The van der Waals surface area contributed by atoms with Crippen LogP contribution in [0.25, 0.3) is 0 Å². The van der Waals surface area contributed by atoms with E-state index in [1.54, 1.807) is 24.3 Å². The first-order valence-electron chi connectivity index (χ1n) is 10.9. The number of carbonyl (C=O) groups excluding carboxylic acids is 3. The molecule has 1 atom stereocenters. The number of anilines is 1. The number of methoxy groups -OCH3 is 3. The van der Waals surface area contributed by atoms with E-state index in [0.29, 0.717) is 22.9 Å². The van der Waals surface area contributed by atoms with Crippen molar-refractivity contribution in [2.45, 2.75) is 12.6 Å². The van der Waals surface area contributed by atoms with Gasteiger partial charge in [0.25, 0.3) is 0 Å². The lowest BCUT2D eigenvalue weighted by atomic mass is 10.2. The Balaban J connectivity index is 1.86. The average Bonchev–Trinajstić information content (AvgIpc) is 2.88. The quantitative estimate of drug-likeness (QED) is 0.143. The van der Waals surface area contributed by atoms with Crippen LogP contribution in [0.15, 0.2) is 41.4 Å². The van der Waals surface area contributed by atoms with Crippen molar-refractivity contribution in [1.29, 1.82) is 0 Å². The summed E-state index contributed by atoms with van der Waals surface area (Å²) in [5.74, 6) is -0.330. The molecule has 14 heteroatoms. The summed E-state index contributed by atoms with van der Waals surface area (Å²) in [4.78, 5) is 40.8. The molecule has 0 heterocycles. The molecule has 0 spiro atoms. The number of hydrogen-bond donors (Lipinski definition) is 7. The van der Waals surface area contributed by atoms with E-state index in [1.807, 2.05) is 0 Å². The van der Waals surface area contributed by atoms with Crippen LogP contribution in [0.2, 0.25) is 0 Å². The Hall–Kier alpha value is -4.72. The van der Waals surface area contributed by atoms with Crippen LogP contribution in [-0.2, 0) is 16.1 Å². The van der Waals surface area contributed by atoms with E-state index in [4.69, 9.17) is 25.7 Å². The Morgan fingerprint density at radius 2 is 1.59 bits per heavy atom. The lowest BCUT2D eigenvalue weighted by Gasteiger charge is -2.18. The Labute approximate surface area is 213 Å². The number of aliphatic hydroxyl groups excluding tert-OH is 1.